The summed E-state index contributed by atoms with van der Waals surface area (Å²) in [6, 6.07) is -3.73. The molecule has 5 unspecified atom stereocenters. The topological polar surface area (TPSA) is 191 Å². The highest BCUT2D eigenvalue weighted by molar-refractivity contribution is 5.94. The molecule has 0 bridgehead atoms. The minimum absolute atomic E-state index is 0.335. The van der Waals surface area contributed by atoms with Gasteiger partial charge >= 0.3 is 5.97 Å². The number of carbonyl (C=O) groups excluding carboxylic acids is 3. The monoisotopic (exact) mass is 376 g/mol. The summed E-state index contributed by atoms with van der Waals surface area (Å²) in [6.45, 7) is 3.47. The van der Waals surface area contributed by atoms with Gasteiger partial charge in [-0.2, -0.15) is 0 Å². The standard InChI is InChI=1S/C15H28N4O7/c1-4-7(2)11(14(25)17-5-10(22)23)18-15(26)12(8(3)21)19-13(24)9(16)6-20/h7-9,11-12,20-21H,4-6,16H2,1-3H3,(H,17,25)(H,18,26)(H,19,24)(H,22,23). The lowest BCUT2D eigenvalue weighted by Crippen LogP contribution is -2.60. The molecule has 0 aliphatic heterocycles. The van der Waals surface area contributed by atoms with Crippen LogP contribution in [0.5, 0.6) is 0 Å². The van der Waals surface area contributed by atoms with Crippen molar-refractivity contribution in [3.63, 3.8) is 0 Å². The highest BCUT2D eigenvalue weighted by Crippen LogP contribution is 2.09. The quantitative estimate of drug-likeness (QED) is 0.197. The fourth-order valence-electron chi connectivity index (χ4n) is 1.97. The van der Waals surface area contributed by atoms with E-state index in [1.807, 2.05) is 0 Å². The van der Waals surface area contributed by atoms with Gasteiger partial charge in [0, 0.05) is 0 Å². The van der Waals surface area contributed by atoms with E-state index in [-0.39, 0.29) is 5.92 Å². The summed E-state index contributed by atoms with van der Waals surface area (Å²) in [5.41, 5.74) is 5.36. The van der Waals surface area contributed by atoms with E-state index < -0.39 is 61.1 Å². The molecule has 5 atom stereocenters. The average Bonchev–Trinajstić information content (AvgIpc) is 2.59. The van der Waals surface area contributed by atoms with Crippen LogP contribution in [0.4, 0.5) is 0 Å². The van der Waals surface area contributed by atoms with Crippen LogP contribution in [0.3, 0.4) is 0 Å². The molecule has 0 aromatic heterocycles. The molecule has 0 radical (unpaired) electrons. The lowest BCUT2D eigenvalue weighted by atomic mass is 9.97. The predicted octanol–water partition coefficient (Wildman–Crippen LogP) is -3.10. The summed E-state index contributed by atoms with van der Waals surface area (Å²) in [5, 5.41) is 34.1. The maximum atomic E-state index is 12.4. The SMILES string of the molecule is CCC(C)C(NC(=O)C(NC(=O)C(N)CO)C(C)O)C(=O)NCC(=O)O. The van der Waals surface area contributed by atoms with Crippen molar-refractivity contribution in [2.24, 2.45) is 11.7 Å². The van der Waals surface area contributed by atoms with Crippen LogP contribution < -0.4 is 21.7 Å². The second-order valence-electron chi connectivity index (χ2n) is 6.00. The van der Waals surface area contributed by atoms with Gasteiger partial charge in [0.2, 0.25) is 17.7 Å². The van der Waals surface area contributed by atoms with E-state index in [0.717, 1.165) is 0 Å². The van der Waals surface area contributed by atoms with Gasteiger partial charge in [-0.1, -0.05) is 20.3 Å². The maximum absolute atomic E-state index is 12.4. The van der Waals surface area contributed by atoms with Crippen molar-refractivity contribution in [3.05, 3.63) is 0 Å². The summed E-state index contributed by atoms with van der Waals surface area (Å²) in [5.74, 6) is -3.95. The number of nitrogens with one attached hydrogen (secondary N) is 3. The first kappa shape index (κ1) is 23.8. The van der Waals surface area contributed by atoms with Gasteiger partial charge in [0.1, 0.15) is 24.7 Å². The van der Waals surface area contributed by atoms with Crippen LogP contribution in [-0.2, 0) is 19.2 Å². The molecule has 0 aromatic carbocycles. The molecular weight excluding hydrogens is 348 g/mol. The van der Waals surface area contributed by atoms with Crippen molar-refractivity contribution in [2.75, 3.05) is 13.2 Å². The van der Waals surface area contributed by atoms with Crippen LogP contribution in [0, 0.1) is 5.92 Å². The van der Waals surface area contributed by atoms with Crippen molar-refractivity contribution in [3.8, 4) is 0 Å². The van der Waals surface area contributed by atoms with Crippen molar-refractivity contribution >= 4 is 23.7 Å². The molecule has 8 N–H and O–H groups in total. The van der Waals surface area contributed by atoms with Crippen LogP contribution >= 0.6 is 0 Å². The Hall–Kier alpha value is -2.24. The Kier molecular flexibility index (Phi) is 10.4. The molecule has 0 fully saturated rings. The number of carboxylic acid groups (broad SMARTS) is 1. The van der Waals surface area contributed by atoms with Crippen molar-refractivity contribution in [2.45, 2.75) is 51.4 Å². The number of rotatable bonds is 11. The Labute approximate surface area is 151 Å². The van der Waals surface area contributed by atoms with Crippen molar-refractivity contribution in [1.29, 1.82) is 0 Å². The minimum atomic E-state index is -1.40. The van der Waals surface area contributed by atoms with E-state index >= 15 is 0 Å². The zero-order valence-electron chi connectivity index (χ0n) is 15.1. The second-order valence-corrected chi connectivity index (χ2v) is 6.00. The zero-order valence-corrected chi connectivity index (χ0v) is 15.1. The Morgan fingerprint density at radius 2 is 1.54 bits per heavy atom. The molecule has 26 heavy (non-hydrogen) atoms. The normalized spacial score (nSPS) is 16.5. The van der Waals surface area contributed by atoms with Gasteiger partial charge in [-0.15, -0.1) is 0 Å². The van der Waals surface area contributed by atoms with E-state index in [4.69, 9.17) is 15.9 Å². The van der Waals surface area contributed by atoms with E-state index in [9.17, 15) is 24.3 Å². The van der Waals surface area contributed by atoms with Crippen LogP contribution in [0.2, 0.25) is 0 Å². The molecule has 0 saturated carbocycles. The summed E-state index contributed by atoms with van der Waals surface area (Å²) in [6.07, 6.45) is -0.795. The molecule has 3 amide bonds. The largest absolute Gasteiger partial charge is 0.480 e. The van der Waals surface area contributed by atoms with Gasteiger partial charge in [0.05, 0.1) is 12.7 Å². The lowest BCUT2D eigenvalue weighted by molar-refractivity contribution is -0.139. The summed E-state index contributed by atoms with van der Waals surface area (Å²) >= 11 is 0. The van der Waals surface area contributed by atoms with E-state index in [1.54, 1.807) is 13.8 Å². The zero-order chi connectivity index (χ0) is 20.4. The van der Waals surface area contributed by atoms with Crippen molar-refractivity contribution in [1.82, 2.24) is 16.0 Å². The van der Waals surface area contributed by atoms with Gasteiger partial charge < -0.3 is 37.0 Å². The first-order chi connectivity index (χ1) is 12.0. The van der Waals surface area contributed by atoms with Gasteiger partial charge in [-0.25, -0.2) is 0 Å². The molecular formula is C15H28N4O7. The Balaban J connectivity index is 5.19. The minimum Gasteiger partial charge on any atom is -0.480 e. The molecule has 11 heteroatoms. The first-order valence-electron chi connectivity index (χ1n) is 8.19. The molecule has 0 aliphatic rings. The number of hydrogen-bond donors (Lipinski definition) is 7. The Bertz CT molecular complexity index is 512. The Morgan fingerprint density at radius 1 is 1.00 bits per heavy atom. The highest BCUT2D eigenvalue weighted by atomic mass is 16.4. The third kappa shape index (κ3) is 7.76. The van der Waals surface area contributed by atoms with Gasteiger partial charge in [0.25, 0.3) is 0 Å². The Morgan fingerprint density at radius 3 is 1.96 bits per heavy atom. The molecule has 0 aliphatic carbocycles. The summed E-state index contributed by atoms with van der Waals surface area (Å²) in [7, 11) is 0. The number of aliphatic carboxylic acids is 1. The van der Waals surface area contributed by atoms with E-state index in [1.165, 1.54) is 6.92 Å². The number of hydrogen-bond acceptors (Lipinski definition) is 7. The van der Waals surface area contributed by atoms with Gasteiger partial charge in [-0.05, 0) is 12.8 Å². The smallest absolute Gasteiger partial charge is 0.322 e. The van der Waals surface area contributed by atoms with Gasteiger partial charge in [-0.3, -0.25) is 19.2 Å². The maximum Gasteiger partial charge on any atom is 0.322 e. The highest BCUT2D eigenvalue weighted by Gasteiger charge is 2.32. The van der Waals surface area contributed by atoms with Gasteiger partial charge in [0.15, 0.2) is 0 Å². The molecule has 0 heterocycles. The van der Waals surface area contributed by atoms with Crippen molar-refractivity contribution < 1.29 is 34.5 Å². The number of aliphatic hydroxyl groups excluding tert-OH is 2. The fourth-order valence-corrected chi connectivity index (χ4v) is 1.97. The summed E-state index contributed by atoms with van der Waals surface area (Å²) in [4.78, 5) is 46.9. The number of carbonyl (C=O) groups is 4. The van der Waals surface area contributed by atoms with E-state index in [2.05, 4.69) is 16.0 Å². The molecule has 0 spiro atoms. The van der Waals surface area contributed by atoms with Crippen LogP contribution in [0.15, 0.2) is 0 Å². The number of amides is 3. The van der Waals surface area contributed by atoms with Crippen LogP contribution in [0.25, 0.3) is 0 Å². The molecule has 150 valence electrons. The molecule has 0 aromatic rings. The second kappa shape index (κ2) is 11.4. The molecule has 0 saturated heterocycles. The third-order valence-corrected chi connectivity index (χ3v) is 3.80. The summed E-state index contributed by atoms with van der Waals surface area (Å²) < 4.78 is 0. The lowest BCUT2D eigenvalue weighted by Gasteiger charge is -2.27. The predicted molar refractivity (Wildman–Crippen MR) is 90.7 cm³/mol. The molecule has 0 rings (SSSR count). The molecule has 11 nitrogen and oxygen atoms in total. The van der Waals surface area contributed by atoms with E-state index in [0.29, 0.717) is 6.42 Å². The van der Waals surface area contributed by atoms with Crippen LogP contribution in [0.1, 0.15) is 27.2 Å². The average molecular weight is 376 g/mol. The third-order valence-electron chi connectivity index (χ3n) is 3.80. The number of carboxylic acids is 1. The number of nitrogens with two attached hydrogens (primary N) is 1. The van der Waals surface area contributed by atoms with Crippen LogP contribution in [-0.4, -0.2) is 76.4 Å². The fraction of sp³-hybridized carbons (Fsp3) is 0.733. The number of aliphatic hydroxyl groups is 2. The first-order valence-corrected chi connectivity index (χ1v) is 8.19.